The van der Waals surface area contributed by atoms with Crippen molar-refractivity contribution in [3.63, 3.8) is 0 Å². The molecule has 2 unspecified atom stereocenters. The minimum absolute atomic E-state index is 0.206. The van der Waals surface area contributed by atoms with Gasteiger partial charge in [-0.05, 0) is 55.4 Å². The van der Waals surface area contributed by atoms with Gasteiger partial charge < -0.3 is 0 Å². The summed E-state index contributed by atoms with van der Waals surface area (Å²) in [4.78, 5) is 0.206. The van der Waals surface area contributed by atoms with Crippen LogP contribution in [0.2, 0.25) is 0 Å². The zero-order valence-corrected chi connectivity index (χ0v) is 11.6. The van der Waals surface area contributed by atoms with E-state index < -0.39 is 15.8 Å². The van der Waals surface area contributed by atoms with Crippen molar-refractivity contribution in [1.82, 2.24) is 4.72 Å². The first kappa shape index (κ1) is 13.5. The van der Waals surface area contributed by atoms with Gasteiger partial charge in [0.15, 0.2) is 0 Å². The molecule has 1 N–H and O–H groups in total. The molecule has 0 bridgehead atoms. The lowest BCUT2D eigenvalue weighted by atomic mass is 10.1. The number of hydrogen-bond acceptors (Lipinski definition) is 2. The lowest BCUT2D eigenvalue weighted by Gasteiger charge is -2.12. The molecule has 2 atom stereocenters. The number of aryl methyl sites for hydroxylation is 2. The minimum atomic E-state index is -3.53. The van der Waals surface area contributed by atoms with Crippen LogP contribution in [0.5, 0.6) is 0 Å². The maximum Gasteiger partial charge on any atom is 0.241 e. The van der Waals surface area contributed by atoms with E-state index in [2.05, 4.69) is 11.6 Å². The minimum Gasteiger partial charge on any atom is -0.211 e. The lowest BCUT2D eigenvalue weighted by molar-refractivity contribution is 0.572. The number of rotatable bonds is 4. The van der Waals surface area contributed by atoms with Crippen molar-refractivity contribution in [2.75, 3.05) is 6.54 Å². The summed E-state index contributed by atoms with van der Waals surface area (Å²) in [6, 6.07) is 2.50. The van der Waals surface area contributed by atoms with Gasteiger partial charge >= 0.3 is 0 Å². The van der Waals surface area contributed by atoms with Gasteiger partial charge in [0.1, 0.15) is 5.82 Å². The highest BCUT2D eigenvalue weighted by atomic mass is 32.2. The van der Waals surface area contributed by atoms with Crippen LogP contribution < -0.4 is 4.72 Å². The molecule has 0 radical (unpaired) electrons. The van der Waals surface area contributed by atoms with Crippen molar-refractivity contribution in [2.45, 2.75) is 32.1 Å². The summed E-state index contributed by atoms with van der Waals surface area (Å²) < 4.78 is 40.2. The molecule has 0 aliphatic heterocycles. The van der Waals surface area contributed by atoms with Gasteiger partial charge in [-0.25, -0.2) is 17.5 Å². The van der Waals surface area contributed by atoms with Gasteiger partial charge in [0.25, 0.3) is 0 Å². The monoisotopic (exact) mass is 271 g/mol. The molecule has 1 aliphatic rings. The van der Waals surface area contributed by atoms with E-state index in [-0.39, 0.29) is 4.90 Å². The Morgan fingerprint density at radius 1 is 1.33 bits per heavy atom. The second-order valence-electron chi connectivity index (χ2n) is 5.19. The van der Waals surface area contributed by atoms with Gasteiger partial charge in [-0.3, -0.25) is 0 Å². The van der Waals surface area contributed by atoms with Gasteiger partial charge in [-0.2, -0.15) is 0 Å². The van der Waals surface area contributed by atoms with E-state index in [1.807, 2.05) is 0 Å². The number of hydrogen-bond donors (Lipinski definition) is 1. The van der Waals surface area contributed by atoms with Crippen LogP contribution in [0.1, 0.15) is 24.5 Å². The van der Waals surface area contributed by atoms with Crippen LogP contribution in [-0.2, 0) is 10.0 Å². The van der Waals surface area contributed by atoms with Gasteiger partial charge in [0, 0.05) is 6.54 Å². The largest absolute Gasteiger partial charge is 0.241 e. The zero-order chi connectivity index (χ0) is 13.5. The lowest BCUT2D eigenvalue weighted by Crippen LogP contribution is -2.27. The van der Waals surface area contributed by atoms with E-state index >= 15 is 0 Å². The van der Waals surface area contributed by atoms with E-state index in [1.165, 1.54) is 12.1 Å². The standard InChI is InChI=1S/C13H18FNO2S/c1-8-4-11(8)7-15-18(16,17)13-9(2)5-12(14)6-10(13)3/h5-6,8,11,15H,4,7H2,1-3H3. The Bertz CT molecular complexity index is 545. The first-order chi connectivity index (χ1) is 8.31. The Labute approximate surface area is 107 Å². The fraction of sp³-hybridized carbons (Fsp3) is 0.538. The van der Waals surface area contributed by atoms with E-state index in [0.29, 0.717) is 29.5 Å². The Morgan fingerprint density at radius 2 is 1.83 bits per heavy atom. The predicted molar refractivity (Wildman–Crippen MR) is 68.3 cm³/mol. The van der Waals surface area contributed by atoms with Crippen molar-refractivity contribution in [2.24, 2.45) is 11.8 Å². The predicted octanol–water partition coefficient (Wildman–Crippen LogP) is 2.38. The van der Waals surface area contributed by atoms with Crippen molar-refractivity contribution in [3.05, 3.63) is 29.1 Å². The first-order valence-corrected chi connectivity index (χ1v) is 7.56. The van der Waals surface area contributed by atoms with Crippen LogP contribution >= 0.6 is 0 Å². The Hall–Kier alpha value is -0.940. The smallest absolute Gasteiger partial charge is 0.211 e. The van der Waals surface area contributed by atoms with Gasteiger partial charge in [0.05, 0.1) is 4.90 Å². The molecule has 0 saturated heterocycles. The molecule has 2 rings (SSSR count). The summed E-state index contributed by atoms with van der Waals surface area (Å²) >= 11 is 0. The van der Waals surface area contributed by atoms with Crippen LogP contribution in [0.25, 0.3) is 0 Å². The van der Waals surface area contributed by atoms with Crippen LogP contribution in [0, 0.1) is 31.5 Å². The summed E-state index contributed by atoms with van der Waals surface area (Å²) in [5, 5.41) is 0. The summed E-state index contributed by atoms with van der Waals surface area (Å²) in [7, 11) is -3.53. The molecule has 0 heterocycles. The third-order valence-electron chi connectivity index (χ3n) is 3.51. The molecule has 1 aliphatic carbocycles. The van der Waals surface area contributed by atoms with Crippen LogP contribution in [0.15, 0.2) is 17.0 Å². The van der Waals surface area contributed by atoms with Crippen LogP contribution in [0.4, 0.5) is 4.39 Å². The first-order valence-electron chi connectivity index (χ1n) is 6.07. The molecule has 1 fully saturated rings. The second-order valence-corrected chi connectivity index (χ2v) is 6.90. The van der Waals surface area contributed by atoms with Gasteiger partial charge in [0.2, 0.25) is 10.0 Å². The van der Waals surface area contributed by atoms with Crippen molar-refractivity contribution >= 4 is 10.0 Å². The van der Waals surface area contributed by atoms with E-state index in [0.717, 1.165) is 6.42 Å². The average Bonchev–Trinajstić information content (AvgIpc) is 2.89. The average molecular weight is 271 g/mol. The van der Waals surface area contributed by atoms with Crippen LogP contribution in [-0.4, -0.2) is 15.0 Å². The maximum atomic E-state index is 13.2. The molecule has 0 spiro atoms. The van der Waals surface area contributed by atoms with Crippen molar-refractivity contribution in [1.29, 1.82) is 0 Å². The SMILES string of the molecule is Cc1cc(F)cc(C)c1S(=O)(=O)NCC1CC1C. The quantitative estimate of drug-likeness (QED) is 0.914. The van der Waals surface area contributed by atoms with E-state index in [1.54, 1.807) is 13.8 Å². The Balaban J connectivity index is 2.24. The summed E-state index contributed by atoms with van der Waals surface area (Å²) in [5.41, 5.74) is 0.896. The normalized spacial score (nSPS) is 23.1. The summed E-state index contributed by atoms with van der Waals surface area (Å²) in [6.07, 6.45) is 1.07. The summed E-state index contributed by atoms with van der Waals surface area (Å²) in [6.45, 7) is 5.81. The maximum absolute atomic E-state index is 13.2. The fourth-order valence-electron chi connectivity index (χ4n) is 2.29. The topological polar surface area (TPSA) is 46.2 Å². The molecule has 0 amide bonds. The molecule has 1 saturated carbocycles. The molecule has 100 valence electrons. The Kier molecular flexibility index (Phi) is 3.47. The highest BCUT2D eigenvalue weighted by Crippen LogP contribution is 2.37. The van der Waals surface area contributed by atoms with Crippen LogP contribution in [0.3, 0.4) is 0 Å². The van der Waals surface area contributed by atoms with E-state index in [4.69, 9.17) is 0 Å². The fourth-order valence-corrected chi connectivity index (χ4v) is 3.84. The van der Waals surface area contributed by atoms with Crippen molar-refractivity contribution in [3.8, 4) is 0 Å². The molecule has 1 aromatic carbocycles. The molecule has 0 aromatic heterocycles. The highest BCUT2D eigenvalue weighted by Gasteiger charge is 2.33. The van der Waals surface area contributed by atoms with Gasteiger partial charge in [-0.15, -0.1) is 0 Å². The molecular weight excluding hydrogens is 253 g/mol. The molecule has 5 heteroatoms. The molecule has 18 heavy (non-hydrogen) atoms. The number of halogens is 1. The number of sulfonamides is 1. The highest BCUT2D eigenvalue weighted by molar-refractivity contribution is 7.89. The summed E-state index contributed by atoms with van der Waals surface area (Å²) in [5.74, 6) is 0.642. The van der Waals surface area contributed by atoms with Crippen molar-refractivity contribution < 1.29 is 12.8 Å². The number of benzene rings is 1. The molecular formula is C13H18FNO2S. The third kappa shape index (κ3) is 2.72. The van der Waals surface area contributed by atoms with E-state index in [9.17, 15) is 12.8 Å². The zero-order valence-electron chi connectivity index (χ0n) is 10.8. The number of nitrogens with one attached hydrogen (secondary N) is 1. The third-order valence-corrected chi connectivity index (χ3v) is 5.23. The molecule has 1 aromatic rings. The van der Waals surface area contributed by atoms with Gasteiger partial charge in [-0.1, -0.05) is 6.92 Å². The molecule has 3 nitrogen and oxygen atoms in total. The second kappa shape index (κ2) is 4.63. The Morgan fingerprint density at radius 3 is 2.28 bits per heavy atom.